The van der Waals surface area contributed by atoms with Crippen LogP contribution in [0, 0.1) is 12.7 Å². The van der Waals surface area contributed by atoms with E-state index in [0.717, 1.165) is 5.69 Å². The Morgan fingerprint density at radius 3 is 2.33 bits per heavy atom. The van der Waals surface area contributed by atoms with E-state index >= 15 is 0 Å². The fraction of sp³-hybridized carbons (Fsp3) is 0.0588. The van der Waals surface area contributed by atoms with Crippen LogP contribution in [-0.2, 0) is 0 Å². The Hall–Kier alpha value is -2.37. The van der Waals surface area contributed by atoms with Crippen molar-refractivity contribution in [1.29, 1.82) is 0 Å². The fourth-order valence-electron chi connectivity index (χ4n) is 2.13. The van der Waals surface area contributed by atoms with Crippen LogP contribution in [-0.4, -0.2) is 9.97 Å². The van der Waals surface area contributed by atoms with Gasteiger partial charge in [-0.15, -0.1) is 0 Å². The first kappa shape index (κ1) is 16.5. The van der Waals surface area contributed by atoms with Crippen molar-refractivity contribution in [2.45, 2.75) is 6.92 Å². The molecule has 0 aliphatic heterocycles. The molecule has 0 aliphatic carbocycles. The summed E-state index contributed by atoms with van der Waals surface area (Å²) in [7, 11) is 0. The summed E-state index contributed by atoms with van der Waals surface area (Å²) in [5.74, 6) is 0.525. The van der Waals surface area contributed by atoms with Crippen LogP contribution in [0.25, 0.3) is 0 Å². The van der Waals surface area contributed by atoms with Gasteiger partial charge in [0.1, 0.15) is 11.6 Å². The van der Waals surface area contributed by atoms with Gasteiger partial charge in [0, 0.05) is 17.4 Å². The van der Waals surface area contributed by atoms with Gasteiger partial charge in [-0.2, -0.15) is 4.98 Å². The fourth-order valence-corrected chi connectivity index (χ4v) is 2.62. The molecule has 1 heterocycles. The summed E-state index contributed by atoms with van der Waals surface area (Å²) >= 11 is 12.3. The van der Waals surface area contributed by atoms with E-state index in [4.69, 9.17) is 23.2 Å². The molecule has 3 aromatic rings. The molecule has 0 saturated heterocycles. The lowest BCUT2D eigenvalue weighted by Crippen LogP contribution is -2.03. The lowest BCUT2D eigenvalue weighted by Gasteiger charge is -2.12. The standard InChI is InChI=1S/C17H13Cl2FN4/c1-10-8-15(23-16-13(18)6-3-7-14(16)19)24-17(21-10)22-12-5-2-4-11(20)9-12/h2-9H,1H3,(H2,21,22,23,24). The molecule has 0 aliphatic rings. The number of anilines is 4. The number of rotatable bonds is 4. The zero-order valence-corrected chi connectivity index (χ0v) is 14.2. The highest BCUT2D eigenvalue weighted by Crippen LogP contribution is 2.32. The summed E-state index contributed by atoms with van der Waals surface area (Å²) in [5.41, 5.74) is 1.85. The van der Waals surface area contributed by atoms with Crippen LogP contribution in [0.2, 0.25) is 10.0 Å². The number of para-hydroxylation sites is 1. The van der Waals surface area contributed by atoms with Crippen molar-refractivity contribution < 1.29 is 4.39 Å². The molecule has 0 fully saturated rings. The van der Waals surface area contributed by atoms with Gasteiger partial charge in [-0.05, 0) is 37.3 Å². The van der Waals surface area contributed by atoms with Crippen molar-refractivity contribution in [3.05, 3.63) is 70.1 Å². The van der Waals surface area contributed by atoms with Crippen LogP contribution in [0.3, 0.4) is 0 Å². The van der Waals surface area contributed by atoms with Crippen molar-refractivity contribution >= 4 is 46.3 Å². The molecule has 2 aromatic carbocycles. The molecule has 0 bridgehead atoms. The molecule has 0 saturated carbocycles. The number of aromatic nitrogens is 2. The molecule has 0 radical (unpaired) electrons. The van der Waals surface area contributed by atoms with E-state index in [0.29, 0.717) is 33.2 Å². The van der Waals surface area contributed by atoms with Crippen molar-refractivity contribution in [2.24, 2.45) is 0 Å². The Labute approximate surface area is 148 Å². The number of benzene rings is 2. The van der Waals surface area contributed by atoms with E-state index in [9.17, 15) is 4.39 Å². The molecule has 2 N–H and O–H groups in total. The first-order valence-corrected chi connectivity index (χ1v) is 7.86. The second kappa shape index (κ2) is 7.03. The van der Waals surface area contributed by atoms with Crippen LogP contribution < -0.4 is 10.6 Å². The third-order valence-electron chi connectivity index (χ3n) is 3.15. The molecule has 7 heteroatoms. The Morgan fingerprint density at radius 1 is 0.917 bits per heavy atom. The number of nitrogens with zero attached hydrogens (tertiary/aromatic N) is 2. The average molecular weight is 363 g/mol. The maximum atomic E-state index is 13.3. The van der Waals surface area contributed by atoms with Crippen molar-refractivity contribution in [2.75, 3.05) is 10.6 Å². The Kier molecular flexibility index (Phi) is 4.83. The molecule has 0 amide bonds. The predicted molar refractivity (Wildman–Crippen MR) is 96.2 cm³/mol. The summed E-state index contributed by atoms with van der Waals surface area (Å²) in [5, 5.41) is 7.03. The van der Waals surface area contributed by atoms with Crippen LogP contribution in [0.5, 0.6) is 0 Å². The lowest BCUT2D eigenvalue weighted by atomic mass is 10.3. The number of nitrogens with one attached hydrogen (secondary N) is 2. The summed E-state index contributed by atoms with van der Waals surface area (Å²) in [6.07, 6.45) is 0. The highest BCUT2D eigenvalue weighted by molar-refractivity contribution is 6.39. The third-order valence-corrected chi connectivity index (χ3v) is 3.78. The zero-order valence-electron chi connectivity index (χ0n) is 12.6. The van der Waals surface area contributed by atoms with Crippen molar-refractivity contribution in [1.82, 2.24) is 9.97 Å². The minimum Gasteiger partial charge on any atom is -0.338 e. The Bertz CT molecular complexity index is 866. The summed E-state index contributed by atoms with van der Waals surface area (Å²) < 4.78 is 13.3. The number of aryl methyl sites for hydroxylation is 1. The molecular weight excluding hydrogens is 350 g/mol. The maximum Gasteiger partial charge on any atom is 0.229 e. The average Bonchev–Trinajstić information content (AvgIpc) is 2.50. The Morgan fingerprint density at radius 2 is 1.62 bits per heavy atom. The maximum absolute atomic E-state index is 13.3. The second-order valence-electron chi connectivity index (χ2n) is 5.08. The third kappa shape index (κ3) is 3.93. The smallest absolute Gasteiger partial charge is 0.229 e. The number of hydrogen-bond acceptors (Lipinski definition) is 4. The van der Waals surface area contributed by atoms with Crippen LogP contribution in [0.4, 0.5) is 27.5 Å². The van der Waals surface area contributed by atoms with Gasteiger partial charge in [0.2, 0.25) is 5.95 Å². The number of halogens is 3. The van der Waals surface area contributed by atoms with E-state index in [2.05, 4.69) is 20.6 Å². The lowest BCUT2D eigenvalue weighted by molar-refractivity contribution is 0.628. The quantitative estimate of drug-likeness (QED) is 0.623. The van der Waals surface area contributed by atoms with Gasteiger partial charge in [-0.3, -0.25) is 0 Å². The monoisotopic (exact) mass is 362 g/mol. The SMILES string of the molecule is Cc1cc(Nc2c(Cl)cccc2Cl)nc(Nc2cccc(F)c2)n1. The summed E-state index contributed by atoms with van der Waals surface area (Å²) in [6, 6.07) is 13.1. The molecule has 122 valence electrons. The number of hydrogen-bond donors (Lipinski definition) is 2. The van der Waals surface area contributed by atoms with E-state index < -0.39 is 0 Å². The van der Waals surface area contributed by atoms with E-state index in [-0.39, 0.29) is 5.82 Å². The topological polar surface area (TPSA) is 49.8 Å². The normalized spacial score (nSPS) is 10.5. The van der Waals surface area contributed by atoms with Gasteiger partial charge < -0.3 is 10.6 Å². The molecule has 4 nitrogen and oxygen atoms in total. The van der Waals surface area contributed by atoms with Gasteiger partial charge in [-0.1, -0.05) is 35.3 Å². The van der Waals surface area contributed by atoms with E-state index in [1.165, 1.54) is 12.1 Å². The van der Waals surface area contributed by atoms with Crippen LogP contribution in [0.1, 0.15) is 5.69 Å². The first-order chi connectivity index (χ1) is 11.5. The van der Waals surface area contributed by atoms with Crippen LogP contribution >= 0.6 is 23.2 Å². The van der Waals surface area contributed by atoms with Gasteiger partial charge in [0.25, 0.3) is 0 Å². The van der Waals surface area contributed by atoms with Gasteiger partial charge in [-0.25, -0.2) is 9.37 Å². The minimum absolute atomic E-state index is 0.339. The molecule has 24 heavy (non-hydrogen) atoms. The minimum atomic E-state index is -0.339. The van der Waals surface area contributed by atoms with Crippen molar-refractivity contribution in [3.8, 4) is 0 Å². The first-order valence-electron chi connectivity index (χ1n) is 7.10. The highest BCUT2D eigenvalue weighted by Gasteiger charge is 2.09. The van der Waals surface area contributed by atoms with Crippen molar-refractivity contribution in [3.63, 3.8) is 0 Å². The summed E-state index contributed by atoms with van der Waals surface area (Å²) in [6.45, 7) is 1.83. The van der Waals surface area contributed by atoms with Gasteiger partial charge in [0.05, 0.1) is 15.7 Å². The molecule has 0 spiro atoms. The second-order valence-corrected chi connectivity index (χ2v) is 5.89. The van der Waals surface area contributed by atoms with Gasteiger partial charge >= 0.3 is 0 Å². The van der Waals surface area contributed by atoms with Crippen LogP contribution in [0.15, 0.2) is 48.5 Å². The summed E-state index contributed by atoms with van der Waals surface area (Å²) in [4.78, 5) is 8.66. The largest absolute Gasteiger partial charge is 0.338 e. The van der Waals surface area contributed by atoms with E-state index in [1.807, 2.05) is 6.92 Å². The molecular formula is C17H13Cl2FN4. The van der Waals surface area contributed by atoms with E-state index in [1.54, 1.807) is 36.4 Å². The predicted octanol–water partition coefficient (Wildman–Crippen LogP) is 5.72. The van der Waals surface area contributed by atoms with Gasteiger partial charge in [0.15, 0.2) is 0 Å². The zero-order chi connectivity index (χ0) is 17.1. The molecule has 3 rings (SSSR count). The molecule has 0 unspecified atom stereocenters. The molecule has 0 atom stereocenters. The molecule has 1 aromatic heterocycles. The highest BCUT2D eigenvalue weighted by atomic mass is 35.5. The Balaban J connectivity index is 1.89.